The van der Waals surface area contributed by atoms with Gasteiger partial charge in [-0.1, -0.05) is 142 Å². The summed E-state index contributed by atoms with van der Waals surface area (Å²) in [5.41, 5.74) is 0. The summed E-state index contributed by atoms with van der Waals surface area (Å²) in [5, 5.41) is 19.1. The van der Waals surface area contributed by atoms with Crippen LogP contribution in [-0.4, -0.2) is 46.8 Å². The van der Waals surface area contributed by atoms with E-state index in [1.54, 1.807) is 4.90 Å². The molecule has 0 aliphatic heterocycles. The van der Waals surface area contributed by atoms with E-state index < -0.39 is 6.10 Å². The van der Waals surface area contributed by atoms with Crippen molar-refractivity contribution in [3.05, 3.63) is 12.2 Å². The molecule has 0 bridgehead atoms. The molecule has 4 nitrogen and oxygen atoms in total. The minimum Gasteiger partial charge on any atom is -0.394 e. The molecule has 35 heavy (non-hydrogen) atoms. The number of nitrogens with zero attached hydrogens (tertiary/aromatic N) is 1. The first-order chi connectivity index (χ1) is 17.2. The van der Waals surface area contributed by atoms with Gasteiger partial charge >= 0.3 is 0 Å². The van der Waals surface area contributed by atoms with Gasteiger partial charge in [0.1, 0.15) is 0 Å². The van der Waals surface area contributed by atoms with Gasteiger partial charge in [-0.05, 0) is 19.3 Å². The summed E-state index contributed by atoms with van der Waals surface area (Å²) in [5.74, 6) is 0.0615. The fraction of sp³-hybridized carbons (Fsp3) is 0.903. The second kappa shape index (κ2) is 27.7. The first-order valence-corrected chi connectivity index (χ1v) is 15.4. The average molecular weight is 496 g/mol. The van der Waals surface area contributed by atoms with Gasteiger partial charge in [0.05, 0.1) is 12.7 Å². The Kier molecular flexibility index (Phi) is 27.0. The number of rotatable bonds is 27. The zero-order valence-corrected chi connectivity index (χ0v) is 23.7. The van der Waals surface area contributed by atoms with Gasteiger partial charge < -0.3 is 15.1 Å². The van der Waals surface area contributed by atoms with E-state index >= 15 is 0 Å². The molecule has 4 heteroatoms. The molecule has 0 spiro atoms. The van der Waals surface area contributed by atoms with E-state index in [0.29, 0.717) is 13.0 Å². The number of allylic oxidation sites excluding steroid dienone is 1. The Bertz CT molecular complexity index is 466. The fourth-order valence-electron chi connectivity index (χ4n) is 4.60. The zero-order chi connectivity index (χ0) is 25.8. The highest BCUT2D eigenvalue weighted by Crippen LogP contribution is 2.13. The standard InChI is InChI=1S/C31H61NO3/c1-3-5-7-9-11-13-14-15-16-17-19-21-23-25-27-32(28-30(34)29-33)31(35)26-24-22-20-18-12-10-8-6-4-2/h22,24,30,33-34H,3-21,23,25-29H2,1-2H3/b24-22+. The summed E-state index contributed by atoms with van der Waals surface area (Å²) in [6, 6.07) is 0. The lowest BCUT2D eigenvalue weighted by molar-refractivity contribution is -0.132. The number of hydrogen-bond acceptors (Lipinski definition) is 3. The van der Waals surface area contributed by atoms with Crippen molar-refractivity contribution in [3.63, 3.8) is 0 Å². The molecule has 0 aromatic heterocycles. The van der Waals surface area contributed by atoms with Crippen LogP contribution < -0.4 is 0 Å². The third-order valence-electron chi connectivity index (χ3n) is 6.96. The lowest BCUT2D eigenvalue weighted by Crippen LogP contribution is -2.39. The second-order valence-corrected chi connectivity index (χ2v) is 10.5. The van der Waals surface area contributed by atoms with Crippen molar-refractivity contribution in [2.24, 2.45) is 0 Å². The lowest BCUT2D eigenvalue weighted by Gasteiger charge is -2.24. The van der Waals surface area contributed by atoms with Gasteiger partial charge in [-0.2, -0.15) is 0 Å². The van der Waals surface area contributed by atoms with Crippen LogP contribution in [0.2, 0.25) is 0 Å². The number of carbonyl (C=O) groups is 1. The van der Waals surface area contributed by atoms with Crippen LogP contribution in [0.1, 0.15) is 155 Å². The second-order valence-electron chi connectivity index (χ2n) is 10.5. The van der Waals surface area contributed by atoms with Crippen LogP contribution in [0.3, 0.4) is 0 Å². The zero-order valence-electron chi connectivity index (χ0n) is 23.7. The van der Waals surface area contributed by atoms with Crippen LogP contribution in [0.25, 0.3) is 0 Å². The van der Waals surface area contributed by atoms with Crippen molar-refractivity contribution >= 4 is 5.91 Å². The first-order valence-electron chi connectivity index (χ1n) is 15.4. The summed E-state index contributed by atoms with van der Waals surface area (Å²) in [6.45, 7) is 5.13. The highest BCUT2D eigenvalue weighted by atomic mass is 16.3. The van der Waals surface area contributed by atoms with E-state index in [1.807, 2.05) is 6.08 Å². The van der Waals surface area contributed by atoms with Crippen molar-refractivity contribution in [1.29, 1.82) is 0 Å². The third-order valence-corrected chi connectivity index (χ3v) is 6.96. The molecular formula is C31H61NO3. The van der Waals surface area contributed by atoms with Crippen LogP contribution in [0.15, 0.2) is 12.2 Å². The maximum absolute atomic E-state index is 12.6. The van der Waals surface area contributed by atoms with E-state index in [-0.39, 0.29) is 19.1 Å². The van der Waals surface area contributed by atoms with Crippen molar-refractivity contribution in [2.45, 2.75) is 161 Å². The highest BCUT2D eigenvalue weighted by Gasteiger charge is 2.15. The Morgan fingerprint density at radius 1 is 0.657 bits per heavy atom. The molecule has 208 valence electrons. The van der Waals surface area contributed by atoms with Gasteiger partial charge in [-0.25, -0.2) is 0 Å². The first kappa shape index (κ1) is 34.1. The molecule has 1 atom stereocenters. The van der Waals surface area contributed by atoms with Crippen molar-refractivity contribution in [1.82, 2.24) is 4.90 Å². The maximum atomic E-state index is 12.6. The minimum atomic E-state index is -0.849. The number of aliphatic hydroxyl groups excluding tert-OH is 2. The van der Waals surface area contributed by atoms with E-state index in [9.17, 15) is 15.0 Å². The Balaban J connectivity index is 3.86. The SMILES string of the molecule is CCCCCCCC/C=C/CC(=O)N(CCCCCCCCCCCCCCCC)CC(O)CO. The number of amides is 1. The summed E-state index contributed by atoms with van der Waals surface area (Å²) in [6.07, 6.45) is 30.8. The topological polar surface area (TPSA) is 60.8 Å². The molecule has 0 aliphatic carbocycles. The number of unbranched alkanes of at least 4 members (excludes halogenated alkanes) is 19. The van der Waals surface area contributed by atoms with Gasteiger partial charge in [0.25, 0.3) is 0 Å². The maximum Gasteiger partial charge on any atom is 0.226 e. The van der Waals surface area contributed by atoms with E-state index in [0.717, 1.165) is 19.3 Å². The van der Waals surface area contributed by atoms with Crippen LogP contribution in [0.5, 0.6) is 0 Å². The van der Waals surface area contributed by atoms with Gasteiger partial charge in [0.2, 0.25) is 5.91 Å². The molecule has 2 N–H and O–H groups in total. The summed E-state index contributed by atoms with van der Waals surface area (Å²) in [7, 11) is 0. The molecule has 0 radical (unpaired) electrons. The Morgan fingerprint density at radius 2 is 1.09 bits per heavy atom. The molecule has 0 fully saturated rings. The predicted molar refractivity (Wildman–Crippen MR) is 152 cm³/mol. The molecule has 1 amide bonds. The van der Waals surface area contributed by atoms with Crippen LogP contribution in [0, 0.1) is 0 Å². The quantitative estimate of drug-likeness (QED) is 0.0889. The smallest absolute Gasteiger partial charge is 0.226 e. The predicted octanol–water partition coefficient (Wildman–Crippen LogP) is 8.35. The molecule has 1 unspecified atom stereocenters. The van der Waals surface area contributed by atoms with Crippen LogP contribution >= 0.6 is 0 Å². The Hall–Kier alpha value is -0.870. The summed E-state index contributed by atoms with van der Waals surface area (Å²) < 4.78 is 0. The molecule has 0 aliphatic rings. The number of hydrogen-bond donors (Lipinski definition) is 2. The summed E-state index contributed by atoms with van der Waals surface area (Å²) in [4.78, 5) is 14.4. The van der Waals surface area contributed by atoms with Crippen LogP contribution in [-0.2, 0) is 4.79 Å². The van der Waals surface area contributed by atoms with Crippen molar-refractivity contribution < 1.29 is 15.0 Å². The molecule has 0 saturated heterocycles. The minimum absolute atomic E-state index is 0.0615. The lowest BCUT2D eigenvalue weighted by atomic mass is 10.0. The third kappa shape index (κ3) is 24.6. The Morgan fingerprint density at radius 3 is 1.54 bits per heavy atom. The normalized spacial score (nSPS) is 12.5. The van der Waals surface area contributed by atoms with Gasteiger partial charge in [-0.3, -0.25) is 4.79 Å². The molecule has 0 aromatic carbocycles. The Labute approximate surface area is 219 Å². The number of aliphatic hydroxyl groups is 2. The van der Waals surface area contributed by atoms with Crippen molar-refractivity contribution in [2.75, 3.05) is 19.7 Å². The van der Waals surface area contributed by atoms with Gasteiger partial charge in [-0.15, -0.1) is 0 Å². The van der Waals surface area contributed by atoms with E-state index in [2.05, 4.69) is 19.9 Å². The van der Waals surface area contributed by atoms with Gasteiger partial charge in [0, 0.05) is 19.5 Å². The monoisotopic (exact) mass is 495 g/mol. The van der Waals surface area contributed by atoms with Gasteiger partial charge in [0.15, 0.2) is 0 Å². The molecule has 0 saturated carbocycles. The number of carbonyl (C=O) groups excluding carboxylic acids is 1. The summed E-state index contributed by atoms with van der Waals surface area (Å²) >= 11 is 0. The molecular weight excluding hydrogens is 434 g/mol. The van der Waals surface area contributed by atoms with Crippen LogP contribution in [0.4, 0.5) is 0 Å². The largest absolute Gasteiger partial charge is 0.394 e. The molecule has 0 aromatic rings. The highest BCUT2D eigenvalue weighted by molar-refractivity contribution is 5.77. The fourth-order valence-corrected chi connectivity index (χ4v) is 4.60. The van der Waals surface area contributed by atoms with Crippen molar-refractivity contribution in [3.8, 4) is 0 Å². The molecule has 0 rings (SSSR count). The average Bonchev–Trinajstić information content (AvgIpc) is 2.86. The van der Waals surface area contributed by atoms with E-state index in [1.165, 1.54) is 116 Å². The van der Waals surface area contributed by atoms with E-state index in [4.69, 9.17) is 0 Å². The molecule has 0 heterocycles.